The molecule has 0 saturated carbocycles. The van der Waals surface area contributed by atoms with Crippen molar-refractivity contribution in [1.29, 1.82) is 0 Å². The summed E-state index contributed by atoms with van der Waals surface area (Å²) in [4.78, 5) is 9.33. The number of hydrogen-bond donors (Lipinski definition) is 0. The summed E-state index contributed by atoms with van der Waals surface area (Å²) in [5.74, 6) is 0. The fraction of sp³-hybridized carbons (Fsp3) is 0.250. The third-order valence-electron chi connectivity index (χ3n) is 1.30. The van der Waals surface area contributed by atoms with Crippen molar-refractivity contribution in [1.82, 2.24) is 4.98 Å². The van der Waals surface area contributed by atoms with Gasteiger partial charge in [0.1, 0.15) is 0 Å². The van der Waals surface area contributed by atoms with Gasteiger partial charge in [0.15, 0.2) is 0 Å². The molecule has 0 unspecified atom stereocenters. The molecule has 0 aliphatic heterocycles. The van der Waals surface area contributed by atoms with Crippen molar-refractivity contribution >= 4 is 17.6 Å². The molecule has 0 atom stereocenters. The van der Waals surface area contributed by atoms with E-state index in [-0.39, 0.29) is 0 Å². The van der Waals surface area contributed by atoms with Crippen LogP contribution in [0.3, 0.4) is 0 Å². The second-order valence-corrected chi connectivity index (χ2v) is 2.91. The number of thiazole rings is 1. The maximum Gasteiger partial charge on any atom is 0.0953 e. The Balaban J connectivity index is 2.84. The second kappa shape index (κ2) is 4.03. The van der Waals surface area contributed by atoms with Crippen LogP contribution in [-0.2, 0) is 6.42 Å². The van der Waals surface area contributed by atoms with Crippen LogP contribution in [0.15, 0.2) is 23.3 Å². The average Bonchev–Trinajstić information content (AvgIpc) is 2.47. The summed E-state index contributed by atoms with van der Waals surface area (Å²) in [7, 11) is 0. The fourth-order valence-electron chi connectivity index (χ4n) is 0.772. The first kappa shape index (κ1) is 8.14. The zero-order valence-corrected chi connectivity index (χ0v) is 7.27. The van der Waals surface area contributed by atoms with Crippen LogP contribution in [0, 0.1) is 0 Å². The second-order valence-electron chi connectivity index (χ2n) is 1.98. The van der Waals surface area contributed by atoms with E-state index in [0.717, 1.165) is 12.1 Å². The minimum Gasteiger partial charge on any atom is -0.263 e. The Morgan fingerprint density at radius 3 is 3.27 bits per heavy atom. The highest BCUT2D eigenvalue weighted by Crippen LogP contribution is 2.11. The minimum absolute atomic E-state index is 0.970. The van der Waals surface area contributed by atoms with E-state index in [0.29, 0.717) is 0 Å². The van der Waals surface area contributed by atoms with Crippen molar-refractivity contribution in [2.24, 2.45) is 4.99 Å². The molecule has 0 fully saturated rings. The Labute approximate surface area is 70.3 Å². The molecule has 1 aromatic heterocycles. The molecule has 58 valence electrons. The van der Waals surface area contributed by atoms with Gasteiger partial charge in [-0.2, -0.15) is 0 Å². The van der Waals surface area contributed by atoms with Crippen LogP contribution >= 0.6 is 11.3 Å². The lowest BCUT2D eigenvalue weighted by atomic mass is 10.3. The molecule has 11 heavy (non-hydrogen) atoms. The predicted octanol–water partition coefficient (Wildman–Crippen LogP) is 2.27. The van der Waals surface area contributed by atoms with E-state index in [1.165, 1.54) is 11.1 Å². The van der Waals surface area contributed by atoms with Crippen molar-refractivity contribution in [3.05, 3.63) is 28.9 Å². The van der Waals surface area contributed by atoms with Gasteiger partial charge in [-0.25, -0.2) is 4.98 Å². The molecular weight excluding hydrogens is 156 g/mol. The number of nitrogens with zero attached hydrogens (tertiary/aromatic N) is 2. The molecule has 1 aromatic rings. The standard InChI is InChI=1S/C8H10N2S/c1-3-8-7(5-9-4-2)10-6-11-8/h4-6H,2-3H2,1H3. The van der Waals surface area contributed by atoms with Gasteiger partial charge in [0.25, 0.3) is 0 Å². The quantitative estimate of drug-likeness (QED) is 0.632. The Morgan fingerprint density at radius 1 is 1.82 bits per heavy atom. The lowest BCUT2D eigenvalue weighted by molar-refractivity contribution is 1.16. The third kappa shape index (κ3) is 1.98. The van der Waals surface area contributed by atoms with Crippen molar-refractivity contribution in [2.75, 3.05) is 0 Å². The van der Waals surface area contributed by atoms with Gasteiger partial charge in [-0.3, -0.25) is 4.99 Å². The first-order chi connectivity index (χ1) is 5.38. The van der Waals surface area contributed by atoms with E-state index in [2.05, 4.69) is 23.5 Å². The van der Waals surface area contributed by atoms with E-state index >= 15 is 0 Å². The highest BCUT2D eigenvalue weighted by Gasteiger charge is 1.98. The van der Waals surface area contributed by atoms with Crippen LogP contribution in [0.4, 0.5) is 0 Å². The van der Waals surface area contributed by atoms with E-state index in [4.69, 9.17) is 0 Å². The van der Waals surface area contributed by atoms with Crippen LogP contribution in [-0.4, -0.2) is 11.2 Å². The molecule has 0 amide bonds. The van der Waals surface area contributed by atoms with Gasteiger partial charge in [-0.15, -0.1) is 11.3 Å². The number of rotatable bonds is 3. The minimum atomic E-state index is 0.970. The molecule has 0 aliphatic carbocycles. The zero-order valence-electron chi connectivity index (χ0n) is 6.45. The summed E-state index contributed by atoms with van der Waals surface area (Å²) in [5.41, 5.74) is 2.81. The first-order valence-corrected chi connectivity index (χ1v) is 4.33. The molecule has 1 rings (SSSR count). The van der Waals surface area contributed by atoms with E-state index in [1.54, 1.807) is 17.6 Å². The van der Waals surface area contributed by atoms with Gasteiger partial charge in [0.2, 0.25) is 0 Å². The highest BCUT2D eigenvalue weighted by molar-refractivity contribution is 7.09. The molecule has 0 bridgehead atoms. The van der Waals surface area contributed by atoms with Gasteiger partial charge in [0, 0.05) is 11.1 Å². The van der Waals surface area contributed by atoms with Gasteiger partial charge in [-0.1, -0.05) is 13.5 Å². The topological polar surface area (TPSA) is 25.2 Å². The van der Waals surface area contributed by atoms with Crippen molar-refractivity contribution in [2.45, 2.75) is 13.3 Å². The van der Waals surface area contributed by atoms with Gasteiger partial charge < -0.3 is 0 Å². The molecule has 0 spiro atoms. The SMILES string of the molecule is C=CN=Cc1ncsc1CC. The van der Waals surface area contributed by atoms with E-state index in [1.807, 2.05) is 5.51 Å². The smallest absolute Gasteiger partial charge is 0.0953 e. The maximum atomic E-state index is 4.15. The first-order valence-electron chi connectivity index (χ1n) is 3.45. The molecule has 0 saturated heterocycles. The van der Waals surface area contributed by atoms with Crippen molar-refractivity contribution < 1.29 is 0 Å². The van der Waals surface area contributed by atoms with Crippen LogP contribution < -0.4 is 0 Å². The number of aryl methyl sites for hydroxylation is 1. The molecule has 1 heterocycles. The number of aromatic nitrogens is 1. The monoisotopic (exact) mass is 166 g/mol. The third-order valence-corrected chi connectivity index (χ3v) is 2.29. The Bertz CT molecular complexity index is 263. The van der Waals surface area contributed by atoms with Gasteiger partial charge in [-0.05, 0) is 6.42 Å². The molecule has 0 aromatic carbocycles. The fourth-order valence-corrected chi connectivity index (χ4v) is 1.46. The summed E-state index contributed by atoms with van der Waals surface area (Å²) in [6, 6.07) is 0. The van der Waals surface area contributed by atoms with E-state index < -0.39 is 0 Å². The average molecular weight is 166 g/mol. The highest BCUT2D eigenvalue weighted by atomic mass is 32.1. The summed E-state index contributed by atoms with van der Waals surface area (Å²) in [6.45, 7) is 5.60. The lowest BCUT2D eigenvalue weighted by Gasteiger charge is -1.88. The van der Waals surface area contributed by atoms with Crippen molar-refractivity contribution in [3.63, 3.8) is 0 Å². The van der Waals surface area contributed by atoms with Crippen LogP contribution in [0.2, 0.25) is 0 Å². The normalized spacial score (nSPS) is 10.6. The Hall–Kier alpha value is -0.960. The van der Waals surface area contributed by atoms with Crippen LogP contribution in [0.1, 0.15) is 17.5 Å². The largest absolute Gasteiger partial charge is 0.263 e. The predicted molar refractivity (Wildman–Crippen MR) is 49.3 cm³/mol. The Kier molecular flexibility index (Phi) is 2.98. The number of aliphatic imine (C=N–C) groups is 1. The number of hydrogen-bond acceptors (Lipinski definition) is 3. The summed E-state index contributed by atoms with van der Waals surface area (Å²) in [6.07, 6.45) is 4.27. The molecular formula is C8H10N2S. The molecule has 0 radical (unpaired) electrons. The van der Waals surface area contributed by atoms with Crippen LogP contribution in [0.25, 0.3) is 0 Å². The Morgan fingerprint density at radius 2 is 2.64 bits per heavy atom. The zero-order chi connectivity index (χ0) is 8.10. The lowest BCUT2D eigenvalue weighted by Crippen LogP contribution is -1.85. The summed E-state index contributed by atoms with van der Waals surface area (Å²) >= 11 is 1.66. The van der Waals surface area contributed by atoms with E-state index in [9.17, 15) is 0 Å². The summed E-state index contributed by atoms with van der Waals surface area (Å²) < 4.78 is 0. The van der Waals surface area contributed by atoms with Gasteiger partial charge >= 0.3 is 0 Å². The molecule has 3 heteroatoms. The molecule has 0 aliphatic rings. The molecule has 0 N–H and O–H groups in total. The van der Waals surface area contributed by atoms with Crippen molar-refractivity contribution in [3.8, 4) is 0 Å². The van der Waals surface area contributed by atoms with Gasteiger partial charge in [0.05, 0.1) is 17.4 Å². The summed E-state index contributed by atoms with van der Waals surface area (Å²) in [5, 5.41) is 0. The van der Waals surface area contributed by atoms with Crippen LogP contribution in [0.5, 0.6) is 0 Å². The maximum absolute atomic E-state index is 4.15. The molecule has 2 nitrogen and oxygen atoms in total.